The zero-order chi connectivity index (χ0) is 62.5. The third-order valence-electron chi connectivity index (χ3n) is 22.6. The molecule has 0 saturated heterocycles. The van der Waals surface area contributed by atoms with E-state index in [9.17, 15) is 0 Å². The monoisotopic (exact) mass is 1210 g/mol. The average Bonchev–Trinajstić information content (AvgIpc) is 1.45. The normalized spacial score (nSPS) is 14.4. The summed E-state index contributed by atoms with van der Waals surface area (Å²) in [6.07, 6.45) is 0. The Morgan fingerprint density at radius 1 is 0.229 bits per heavy atom. The molecule has 16 aromatic rings. The fraction of sp³-hybridized carbons (Fsp3) is 0.0217. The van der Waals surface area contributed by atoms with E-state index in [1.54, 1.807) is 0 Å². The SMILES string of the molecule is c1ccc(-c2ccc(N3c4ccc(-c5ccccc5)cc4B4c5cc6c(cc5N(c5cccc7c5-c5ccccc5C75c7ccccc7-c7ccccc75)c5cc(-n7c8ccccc8c8ccccc87)cc3c54)-c3ccccc3C63c4ccccc4-c4ccccc43)cc2)cc1. The van der Waals surface area contributed by atoms with Crippen molar-refractivity contribution in [2.45, 2.75) is 10.8 Å². The molecule has 4 aliphatic carbocycles. The van der Waals surface area contributed by atoms with Crippen LogP contribution < -0.4 is 26.2 Å². The number of hydrogen-bond acceptors (Lipinski definition) is 2. The summed E-state index contributed by atoms with van der Waals surface area (Å²) >= 11 is 0. The van der Waals surface area contributed by atoms with Gasteiger partial charge in [0.2, 0.25) is 0 Å². The first kappa shape index (κ1) is 52.3. The fourth-order valence-corrected chi connectivity index (χ4v) is 19.0. The summed E-state index contributed by atoms with van der Waals surface area (Å²) in [5.74, 6) is 0. The molecule has 0 bridgehead atoms. The van der Waals surface area contributed by atoms with Crippen molar-refractivity contribution in [2.24, 2.45) is 0 Å². The maximum Gasteiger partial charge on any atom is 0.252 e. The molecule has 442 valence electrons. The summed E-state index contributed by atoms with van der Waals surface area (Å²) in [5.41, 5.74) is 38.6. The number of para-hydroxylation sites is 2. The second-order valence-corrected chi connectivity index (χ2v) is 26.9. The number of benzene rings is 15. The maximum atomic E-state index is 2.75. The Morgan fingerprint density at radius 2 is 0.646 bits per heavy atom. The highest BCUT2D eigenvalue weighted by Gasteiger charge is 2.56. The van der Waals surface area contributed by atoms with Crippen LogP contribution in [0, 0.1) is 0 Å². The van der Waals surface area contributed by atoms with Crippen molar-refractivity contribution in [1.29, 1.82) is 0 Å². The zero-order valence-corrected chi connectivity index (χ0v) is 52.3. The highest BCUT2D eigenvalue weighted by Crippen LogP contribution is 2.67. The Kier molecular flexibility index (Phi) is 10.5. The lowest BCUT2D eigenvalue weighted by Gasteiger charge is -2.45. The largest absolute Gasteiger partial charge is 0.311 e. The molecule has 0 atom stereocenters. The van der Waals surface area contributed by atoms with Gasteiger partial charge in [-0.1, -0.05) is 285 Å². The van der Waals surface area contributed by atoms with Gasteiger partial charge in [-0.15, -0.1) is 0 Å². The highest BCUT2D eigenvalue weighted by molar-refractivity contribution is 7.00. The molecule has 3 heterocycles. The summed E-state index contributed by atoms with van der Waals surface area (Å²) in [5, 5.41) is 2.45. The molecule has 4 heteroatoms. The Labute approximate surface area is 557 Å². The van der Waals surface area contributed by atoms with Crippen LogP contribution >= 0.6 is 0 Å². The first-order chi connectivity index (χ1) is 47.7. The second-order valence-electron chi connectivity index (χ2n) is 26.9. The maximum absolute atomic E-state index is 2.75. The lowest BCUT2D eigenvalue weighted by Crippen LogP contribution is -2.61. The standard InChI is InChI=1S/C92H56BN3/c1-3-24-57(25-4-1)59-46-49-61(50-47-59)94-84-51-48-60(58-26-5-2-6-27-58)52-80(84)93-81-56-79-71(67-32-11-19-40-76(67)92(79)74-38-17-9-30-65(74)66-31-10-18-39-75(66)92)55-86(81)96(88-54-62(53-87(94)90(88)93)95-82-43-21-13-33-68(82)69-34-14-22-44-83(69)95)85-45-23-42-78-89(85)70-35-12-20-41-77(70)91(78)72-36-15-7-28-63(72)64-29-8-16-37-73(64)91/h1-56H. The molecule has 2 spiro atoms. The molecule has 22 rings (SSSR count). The molecule has 2 aliphatic heterocycles. The highest BCUT2D eigenvalue weighted by atomic mass is 15.2. The van der Waals surface area contributed by atoms with Crippen LogP contribution in [0.25, 0.3) is 94.3 Å². The van der Waals surface area contributed by atoms with Crippen LogP contribution in [0.5, 0.6) is 0 Å². The van der Waals surface area contributed by atoms with E-state index in [1.807, 2.05) is 0 Å². The van der Waals surface area contributed by atoms with Gasteiger partial charge in [-0.25, -0.2) is 0 Å². The van der Waals surface area contributed by atoms with Gasteiger partial charge in [0.1, 0.15) is 0 Å². The summed E-state index contributed by atoms with van der Waals surface area (Å²) < 4.78 is 2.54. The molecular weight excluding hydrogens is 1160 g/mol. The smallest absolute Gasteiger partial charge is 0.252 e. The predicted octanol–water partition coefficient (Wildman–Crippen LogP) is 20.9. The minimum atomic E-state index is -0.582. The van der Waals surface area contributed by atoms with E-state index in [0.717, 1.165) is 34.1 Å². The molecule has 3 nitrogen and oxygen atoms in total. The van der Waals surface area contributed by atoms with E-state index in [0.29, 0.717) is 0 Å². The van der Waals surface area contributed by atoms with Gasteiger partial charge >= 0.3 is 0 Å². The first-order valence-corrected chi connectivity index (χ1v) is 33.7. The molecular formula is C92H56BN3. The van der Waals surface area contributed by atoms with Crippen LogP contribution in [-0.4, -0.2) is 11.3 Å². The van der Waals surface area contributed by atoms with Crippen molar-refractivity contribution in [2.75, 3.05) is 9.80 Å². The number of aromatic nitrogens is 1. The van der Waals surface area contributed by atoms with Gasteiger partial charge in [0.25, 0.3) is 6.71 Å². The number of anilines is 6. The van der Waals surface area contributed by atoms with E-state index in [2.05, 4.69) is 354 Å². The first-order valence-electron chi connectivity index (χ1n) is 33.7. The molecule has 0 amide bonds. The van der Waals surface area contributed by atoms with Gasteiger partial charge in [-0.2, -0.15) is 0 Å². The lowest BCUT2D eigenvalue weighted by atomic mass is 9.33. The molecule has 0 saturated carbocycles. The van der Waals surface area contributed by atoms with Gasteiger partial charge in [-0.05, 0) is 177 Å². The summed E-state index contributed by atoms with van der Waals surface area (Å²) in [7, 11) is 0. The Bertz CT molecular complexity index is 5910. The van der Waals surface area contributed by atoms with Crippen LogP contribution in [0.4, 0.5) is 34.1 Å². The molecule has 0 radical (unpaired) electrons. The minimum Gasteiger partial charge on any atom is -0.311 e. The summed E-state index contributed by atoms with van der Waals surface area (Å²) in [6.45, 7) is -0.228. The number of fused-ring (bicyclic) bond motifs is 27. The average molecular weight is 1210 g/mol. The molecule has 1 aromatic heterocycles. The molecule has 0 unspecified atom stereocenters. The van der Waals surface area contributed by atoms with Crippen molar-refractivity contribution in [1.82, 2.24) is 4.57 Å². The Hall–Kier alpha value is -12.2. The third kappa shape index (κ3) is 6.58. The van der Waals surface area contributed by atoms with Crippen molar-refractivity contribution in [3.05, 3.63) is 384 Å². The minimum absolute atomic E-state index is 0.228. The number of rotatable bonds is 5. The van der Waals surface area contributed by atoms with E-state index >= 15 is 0 Å². The van der Waals surface area contributed by atoms with E-state index in [1.165, 1.54) is 155 Å². The van der Waals surface area contributed by atoms with Crippen molar-refractivity contribution in [3.63, 3.8) is 0 Å². The Balaban J connectivity index is 0.914. The van der Waals surface area contributed by atoms with Crippen LogP contribution in [-0.2, 0) is 10.8 Å². The van der Waals surface area contributed by atoms with Crippen molar-refractivity contribution >= 4 is 79.0 Å². The summed E-state index contributed by atoms with van der Waals surface area (Å²) in [6, 6.07) is 130. The van der Waals surface area contributed by atoms with Gasteiger partial charge < -0.3 is 14.4 Å². The van der Waals surface area contributed by atoms with Gasteiger partial charge in [-0.3, -0.25) is 0 Å². The number of nitrogens with zero attached hydrogens (tertiary/aromatic N) is 3. The predicted molar refractivity (Wildman–Crippen MR) is 398 cm³/mol. The van der Waals surface area contributed by atoms with E-state index < -0.39 is 10.8 Å². The summed E-state index contributed by atoms with van der Waals surface area (Å²) in [4.78, 5) is 5.35. The van der Waals surface area contributed by atoms with Crippen molar-refractivity contribution in [3.8, 4) is 72.4 Å². The van der Waals surface area contributed by atoms with Crippen LogP contribution in [0.3, 0.4) is 0 Å². The van der Waals surface area contributed by atoms with Crippen LogP contribution in [0.1, 0.15) is 44.5 Å². The molecule has 96 heavy (non-hydrogen) atoms. The van der Waals surface area contributed by atoms with Gasteiger partial charge in [0, 0.05) is 44.8 Å². The van der Waals surface area contributed by atoms with E-state index in [4.69, 9.17) is 0 Å². The molecule has 0 N–H and O–H groups in total. The Morgan fingerprint density at radius 3 is 1.21 bits per heavy atom. The van der Waals surface area contributed by atoms with Gasteiger partial charge in [0.15, 0.2) is 0 Å². The molecule has 6 aliphatic rings. The third-order valence-corrected chi connectivity index (χ3v) is 22.6. The fourth-order valence-electron chi connectivity index (χ4n) is 19.0. The zero-order valence-electron chi connectivity index (χ0n) is 52.3. The second kappa shape index (κ2) is 19.2. The van der Waals surface area contributed by atoms with Gasteiger partial charge in [0.05, 0.1) is 33.2 Å². The number of hydrogen-bond donors (Lipinski definition) is 0. The quantitative estimate of drug-likeness (QED) is 0.159. The lowest BCUT2D eigenvalue weighted by molar-refractivity contribution is 0.793. The van der Waals surface area contributed by atoms with Crippen molar-refractivity contribution < 1.29 is 0 Å². The molecule has 15 aromatic carbocycles. The van der Waals surface area contributed by atoms with Crippen LogP contribution in [0.2, 0.25) is 0 Å². The molecule has 0 fully saturated rings. The van der Waals surface area contributed by atoms with Crippen LogP contribution in [0.15, 0.2) is 340 Å². The van der Waals surface area contributed by atoms with E-state index in [-0.39, 0.29) is 6.71 Å². The topological polar surface area (TPSA) is 11.4 Å².